The van der Waals surface area contributed by atoms with Gasteiger partial charge in [0.25, 0.3) is 0 Å². The second-order valence-electron chi connectivity index (χ2n) is 4.53. The summed E-state index contributed by atoms with van der Waals surface area (Å²) in [5.41, 5.74) is 1.16. The van der Waals surface area contributed by atoms with E-state index in [1.54, 1.807) is 19.0 Å². The number of pyridine rings is 1. The average molecular weight is 277 g/mol. The summed E-state index contributed by atoms with van der Waals surface area (Å²) in [7, 11) is 3.29. The highest BCUT2D eigenvalue weighted by Crippen LogP contribution is 2.21. The summed E-state index contributed by atoms with van der Waals surface area (Å²) in [6, 6.07) is 10.8. The second kappa shape index (κ2) is 6.32. The van der Waals surface area contributed by atoms with Crippen molar-refractivity contribution in [3.05, 3.63) is 53.6 Å². The summed E-state index contributed by atoms with van der Waals surface area (Å²) in [6.07, 6.45) is 0.769. The van der Waals surface area contributed by atoms with E-state index in [-0.39, 0.29) is 11.6 Å². The van der Waals surface area contributed by atoms with Crippen LogP contribution in [0.5, 0.6) is 0 Å². The van der Waals surface area contributed by atoms with Crippen molar-refractivity contribution in [3.8, 4) is 0 Å². The number of hydrogen-bond acceptors (Lipinski definition) is 3. The summed E-state index contributed by atoms with van der Waals surface area (Å²) in [4.78, 5) is 5.65. The lowest BCUT2D eigenvalue weighted by molar-refractivity contribution is 0.573. The molecule has 0 radical (unpaired) electrons. The molecular weight excluding hydrogens is 260 g/mol. The van der Waals surface area contributed by atoms with E-state index in [9.17, 15) is 8.78 Å². The van der Waals surface area contributed by atoms with Gasteiger partial charge >= 0.3 is 0 Å². The smallest absolute Gasteiger partial charge is 0.168 e. The van der Waals surface area contributed by atoms with Gasteiger partial charge in [0, 0.05) is 26.7 Å². The van der Waals surface area contributed by atoms with E-state index in [1.807, 2.05) is 30.3 Å². The van der Waals surface area contributed by atoms with Gasteiger partial charge in [0.05, 0.1) is 0 Å². The zero-order valence-corrected chi connectivity index (χ0v) is 11.5. The maximum Gasteiger partial charge on any atom is 0.168 e. The Balaban J connectivity index is 2.11. The van der Waals surface area contributed by atoms with Gasteiger partial charge in [-0.25, -0.2) is 13.8 Å². The van der Waals surface area contributed by atoms with Gasteiger partial charge in [0.1, 0.15) is 0 Å². The lowest BCUT2D eigenvalue weighted by atomic mass is 10.1. The van der Waals surface area contributed by atoms with Crippen molar-refractivity contribution in [2.24, 2.45) is 0 Å². The number of hydrogen-bond donors (Lipinski definition) is 1. The number of anilines is 2. The van der Waals surface area contributed by atoms with Gasteiger partial charge in [-0.15, -0.1) is 0 Å². The van der Waals surface area contributed by atoms with Crippen LogP contribution in [0, 0.1) is 11.6 Å². The molecule has 1 heterocycles. The van der Waals surface area contributed by atoms with E-state index in [4.69, 9.17) is 0 Å². The molecule has 0 aliphatic rings. The van der Waals surface area contributed by atoms with Crippen molar-refractivity contribution < 1.29 is 8.78 Å². The number of rotatable bonds is 5. The second-order valence-corrected chi connectivity index (χ2v) is 4.53. The minimum Gasteiger partial charge on any atom is -0.371 e. The summed E-state index contributed by atoms with van der Waals surface area (Å²) < 4.78 is 27.1. The van der Waals surface area contributed by atoms with Gasteiger partial charge in [-0.1, -0.05) is 30.3 Å². The maximum atomic E-state index is 13.8. The summed E-state index contributed by atoms with van der Waals surface area (Å²) in [5.74, 6) is -1.15. The molecule has 0 amide bonds. The third-order valence-electron chi connectivity index (χ3n) is 3.09. The molecule has 0 spiro atoms. The third-order valence-corrected chi connectivity index (χ3v) is 3.09. The molecule has 1 aromatic carbocycles. The largest absolute Gasteiger partial charge is 0.371 e. The summed E-state index contributed by atoms with van der Waals surface area (Å²) in [5, 5.41) is 2.61. The lowest BCUT2D eigenvalue weighted by Crippen LogP contribution is -2.23. The topological polar surface area (TPSA) is 28.2 Å². The molecule has 20 heavy (non-hydrogen) atoms. The minimum atomic E-state index is -0.690. The van der Waals surface area contributed by atoms with Gasteiger partial charge in [0.2, 0.25) is 0 Å². The van der Waals surface area contributed by atoms with Gasteiger partial charge < -0.3 is 10.2 Å². The molecule has 0 bridgehead atoms. The first-order valence-corrected chi connectivity index (χ1v) is 6.40. The maximum absolute atomic E-state index is 13.8. The zero-order valence-electron chi connectivity index (χ0n) is 11.5. The Bertz CT molecular complexity index is 573. The predicted octanol–water partition coefficient (Wildman–Crippen LogP) is 3.08. The van der Waals surface area contributed by atoms with Gasteiger partial charge in [-0.05, 0) is 12.0 Å². The Morgan fingerprint density at radius 3 is 2.50 bits per heavy atom. The van der Waals surface area contributed by atoms with Crippen LogP contribution in [0.4, 0.5) is 20.4 Å². The molecule has 0 unspecified atom stereocenters. The average Bonchev–Trinajstić information content (AvgIpc) is 2.46. The standard InChI is InChI=1S/C15H17F2N3/c1-18-14-12(16)10-13(17)15(19-14)20(2)9-8-11-6-4-3-5-7-11/h3-7,10H,8-9H2,1-2H3,(H,18,19). The quantitative estimate of drug-likeness (QED) is 0.910. The summed E-state index contributed by atoms with van der Waals surface area (Å²) >= 11 is 0. The van der Waals surface area contributed by atoms with Crippen LogP contribution in [0.2, 0.25) is 0 Å². The van der Waals surface area contributed by atoms with Crippen LogP contribution in [-0.2, 0) is 6.42 Å². The molecule has 0 aliphatic heterocycles. The molecule has 0 saturated carbocycles. The van der Waals surface area contributed by atoms with Crippen molar-refractivity contribution >= 4 is 11.6 Å². The van der Waals surface area contributed by atoms with Crippen LogP contribution in [0.15, 0.2) is 36.4 Å². The predicted molar refractivity (Wildman–Crippen MR) is 77.1 cm³/mol. The van der Waals surface area contributed by atoms with Crippen molar-refractivity contribution in [2.75, 3.05) is 30.9 Å². The first-order valence-electron chi connectivity index (χ1n) is 6.40. The molecule has 0 aliphatic carbocycles. The number of nitrogens with one attached hydrogen (secondary N) is 1. The van der Waals surface area contributed by atoms with E-state index in [1.165, 1.54) is 0 Å². The number of benzene rings is 1. The van der Waals surface area contributed by atoms with Gasteiger partial charge in [-0.3, -0.25) is 0 Å². The highest BCUT2D eigenvalue weighted by molar-refractivity contribution is 5.48. The SMILES string of the molecule is CNc1nc(N(C)CCc2ccccc2)c(F)cc1F. The Labute approximate surface area is 117 Å². The minimum absolute atomic E-state index is 0.0490. The van der Waals surface area contributed by atoms with Crippen LogP contribution in [0.1, 0.15) is 5.56 Å². The van der Waals surface area contributed by atoms with Crippen molar-refractivity contribution in [3.63, 3.8) is 0 Å². The zero-order chi connectivity index (χ0) is 14.5. The number of halogens is 2. The Morgan fingerprint density at radius 2 is 1.85 bits per heavy atom. The normalized spacial score (nSPS) is 10.4. The molecule has 0 saturated heterocycles. The molecule has 2 rings (SSSR count). The molecule has 1 aromatic heterocycles. The fourth-order valence-electron chi connectivity index (χ4n) is 1.95. The van der Waals surface area contributed by atoms with Crippen molar-refractivity contribution in [2.45, 2.75) is 6.42 Å². The van der Waals surface area contributed by atoms with E-state index in [0.29, 0.717) is 6.54 Å². The fraction of sp³-hybridized carbons (Fsp3) is 0.267. The van der Waals surface area contributed by atoms with Crippen molar-refractivity contribution in [1.82, 2.24) is 4.98 Å². The van der Waals surface area contributed by atoms with Crippen LogP contribution >= 0.6 is 0 Å². The number of aromatic nitrogens is 1. The Morgan fingerprint density at radius 1 is 1.15 bits per heavy atom. The molecule has 0 atom stereocenters. The number of nitrogens with zero attached hydrogens (tertiary/aromatic N) is 2. The summed E-state index contributed by atoms with van der Waals surface area (Å²) in [6.45, 7) is 0.600. The van der Waals surface area contributed by atoms with Crippen LogP contribution in [0.25, 0.3) is 0 Å². The molecule has 3 nitrogen and oxygen atoms in total. The van der Waals surface area contributed by atoms with E-state index in [2.05, 4.69) is 10.3 Å². The highest BCUT2D eigenvalue weighted by Gasteiger charge is 2.14. The van der Waals surface area contributed by atoms with Crippen LogP contribution < -0.4 is 10.2 Å². The molecule has 106 valence electrons. The Hall–Kier alpha value is -2.17. The van der Waals surface area contributed by atoms with E-state index in [0.717, 1.165) is 18.1 Å². The van der Waals surface area contributed by atoms with Crippen molar-refractivity contribution in [1.29, 1.82) is 0 Å². The number of likely N-dealkylation sites (N-methyl/N-ethyl adjacent to an activating group) is 1. The lowest BCUT2D eigenvalue weighted by Gasteiger charge is -2.19. The van der Waals surface area contributed by atoms with Gasteiger partial charge in [-0.2, -0.15) is 0 Å². The highest BCUT2D eigenvalue weighted by atomic mass is 19.1. The van der Waals surface area contributed by atoms with Crippen LogP contribution in [-0.4, -0.2) is 25.6 Å². The van der Waals surface area contributed by atoms with E-state index >= 15 is 0 Å². The first-order chi connectivity index (χ1) is 9.61. The van der Waals surface area contributed by atoms with Gasteiger partial charge in [0.15, 0.2) is 23.3 Å². The molecule has 5 heteroatoms. The van der Waals surface area contributed by atoms with Crippen LogP contribution in [0.3, 0.4) is 0 Å². The first kappa shape index (κ1) is 14.2. The van der Waals surface area contributed by atoms with E-state index < -0.39 is 11.6 Å². The molecule has 1 N–H and O–H groups in total. The third kappa shape index (κ3) is 3.23. The molecular formula is C15H17F2N3. The fourth-order valence-corrected chi connectivity index (χ4v) is 1.95. The Kier molecular flexibility index (Phi) is 4.50. The monoisotopic (exact) mass is 277 g/mol. The molecule has 0 fully saturated rings. The molecule has 2 aromatic rings.